The van der Waals surface area contributed by atoms with Gasteiger partial charge < -0.3 is 9.94 Å². The van der Waals surface area contributed by atoms with E-state index in [1.165, 1.54) is 0 Å². The smallest absolute Gasteiger partial charge is 0.130 e. The van der Waals surface area contributed by atoms with Gasteiger partial charge in [0, 0.05) is 19.4 Å². The molecule has 52 valence electrons. The molecule has 0 aromatic rings. The Hall–Kier alpha value is -0.570. The summed E-state index contributed by atoms with van der Waals surface area (Å²) >= 11 is 0. The Morgan fingerprint density at radius 2 is 2.67 bits per heavy atom. The summed E-state index contributed by atoms with van der Waals surface area (Å²) in [7, 11) is 0. The third kappa shape index (κ3) is 1.68. The van der Waals surface area contributed by atoms with Crippen LogP contribution in [0.2, 0.25) is 0 Å². The molecule has 1 N–H and O–H groups in total. The molecular weight excluding hydrogens is 118 g/mol. The topological polar surface area (TPSA) is 41.8 Å². The summed E-state index contributed by atoms with van der Waals surface area (Å²) in [5.74, 6) is 0. The molecule has 3 nitrogen and oxygen atoms in total. The van der Waals surface area contributed by atoms with Crippen LogP contribution in [-0.4, -0.2) is 23.5 Å². The summed E-state index contributed by atoms with van der Waals surface area (Å²) < 4.78 is 0. The Morgan fingerprint density at radius 1 is 1.89 bits per heavy atom. The second-order valence-electron chi connectivity index (χ2n) is 2.25. The van der Waals surface area contributed by atoms with Crippen molar-refractivity contribution >= 4 is 5.71 Å². The summed E-state index contributed by atoms with van der Waals surface area (Å²) in [6.45, 7) is 2.14. The molecular formula is C6H11NO2. The number of aliphatic hydroxyl groups excluding tert-OH is 1. The van der Waals surface area contributed by atoms with Gasteiger partial charge >= 0.3 is 0 Å². The molecule has 9 heavy (non-hydrogen) atoms. The first kappa shape index (κ1) is 6.55. The lowest BCUT2D eigenvalue weighted by Crippen LogP contribution is -2.03. The zero-order valence-corrected chi connectivity index (χ0v) is 5.50. The van der Waals surface area contributed by atoms with Crippen molar-refractivity contribution in [2.45, 2.75) is 25.9 Å². The second-order valence-corrected chi connectivity index (χ2v) is 2.25. The zero-order chi connectivity index (χ0) is 6.69. The van der Waals surface area contributed by atoms with Gasteiger partial charge in [-0.15, -0.1) is 0 Å². The van der Waals surface area contributed by atoms with Crippen molar-refractivity contribution < 1.29 is 9.94 Å². The average Bonchev–Trinajstić information content (AvgIpc) is 2.17. The Labute approximate surface area is 54.3 Å². The Balaban J connectivity index is 2.27. The molecule has 0 saturated heterocycles. The molecule has 0 radical (unpaired) electrons. The lowest BCUT2D eigenvalue weighted by molar-refractivity contribution is 0.0994. The fourth-order valence-corrected chi connectivity index (χ4v) is 0.848. The predicted octanol–water partition coefficient (Wildman–Crippen LogP) is 0.534. The normalized spacial score (nSPS) is 25.6. The molecule has 1 aliphatic heterocycles. The van der Waals surface area contributed by atoms with E-state index >= 15 is 0 Å². The van der Waals surface area contributed by atoms with E-state index in [2.05, 4.69) is 5.16 Å². The monoisotopic (exact) mass is 129 g/mol. The minimum Gasteiger partial charge on any atom is -0.396 e. The maximum absolute atomic E-state index is 8.48. The van der Waals surface area contributed by atoms with E-state index < -0.39 is 0 Å². The highest BCUT2D eigenvalue weighted by atomic mass is 16.6. The zero-order valence-electron chi connectivity index (χ0n) is 5.50. The Kier molecular flexibility index (Phi) is 2.05. The van der Waals surface area contributed by atoms with Gasteiger partial charge in [0.15, 0.2) is 0 Å². The van der Waals surface area contributed by atoms with Crippen LogP contribution in [-0.2, 0) is 4.84 Å². The standard InChI is InChI=1S/C6H11NO2/c1-5-4-6(2-3-8)7-9-5/h5,8H,2-4H2,1H3. The van der Waals surface area contributed by atoms with Gasteiger partial charge in [-0.3, -0.25) is 0 Å². The van der Waals surface area contributed by atoms with Crippen molar-refractivity contribution in [2.24, 2.45) is 5.16 Å². The van der Waals surface area contributed by atoms with Crippen LogP contribution in [0.4, 0.5) is 0 Å². The second kappa shape index (κ2) is 2.82. The first-order chi connectivity index (χ1) is 4.33. The maximum Gasteiger partial charge on any atom is 0.130 e. The largest absolute Gasteiger partial charge is 0.396 e. The quantitative estimate of drug-likeness (QED) is 0.591. The summed E-state index contributed by atoms with van der Waals surface area (Å²) in [6.07, 6.45) is 1.75. The van der Waals surface area contributed by atoms with Crippen molar-refractivity contribution in [1.29, 1.82) is 0 Å². The third-order valence-corrected chi connectivity index (χ3v) is 1.29. The molecule has 1 aliphatic rings. The van der Waals surface area contributed by atoms with Crippen LogP contribution < -0.4 is 0 Å². The van der Waals surface area contributed by atoms with Gasteiger partial charge in [0.2, 0.25) is 0 Å². The fraction of sp³-hybridized carbons (Fsp3) is 0.833. The highest BCUT2D eigenvalue weighted by Crippen LogP contribution is 2.10. The SMILES string of the molecule is CC1CC(CCO)=NO1. The highest BCUT2D eigenvalue weighted by Gasteiger charge is 2.14. The molecule has 0 bridgehead atoms. The number of oxime groups is 1. The molecule has 0 aliphatic carbocycles. The molecule has 0 fully saturated rings. The summed E-state index contributed by atoms with van der Waals surface area (Å²) in [5.41, 5.74) is 0.977. The molecule has 3 heteroatoms. The van der Waals surface area contributed by atoms with E-state index in [-0.39, 0.29) is 12.7 Å². The van der Waals surface area contributed by atoms with Gasteiger partial charge in [0.05, 0.1) is 5.71 Å². The maximum atomic E-state index is 8.48. The van der Waals surface area contributed by atoms with E-state index in [0.717, 1.165) is 12.1 Å². The number of rotatable bonds is 2. The van der Waals surface area contributed by atoms with Crippen LogP contribution in [0.15, 0.2) is 5.16 Å². The van der Waals surface area contributed by atoms with E-state index in [0.29, 0.717) is 6.42 Å². The van der Waals surface area contributed by atoms with Gasteiger partial charge in [0.25, 0.3) is 0 Å². The van der Waals surface area contributed by atoms with Crippen LogP contribution in [0.3, 0.4) is 0 Å². The minimum atomic E-state index is 0.176. The van der Waals surface area contributed by atoms with Crippen LogP contribution >= 0.6 is 0 Å². The molecule has 0 aromatic carbocycles. The van der Waals surface area contributed by atoms with Crippen LogP contribution in [0.25, 0.3) is 0 Å². The van der Waals surface area contributed by atoms with Crippen molar-refractivity contribution in [1.82, 2.24) is 0 Å². The number of hydrogen-bond donors (Lipinski definition) is 1. The molecule has 0 amide bonds. The number of aliphatic hydroxyl groups is 1. The van der Waals surface area contributed by atoms with E-state index in [4.69, 9.17) is 9.94 Å². The molecule has 0 spiro atoms. The third-order valence-electron chi connectivity index (χ3n) is 1.29. The number of nitrogens with zero attached hydrogens (tertiary/aromatic N) is 1. The van der Waals surface area contributed by atoms with E-state index in [1.807, 2.05) is 6.92 Å². The molecule has 1 atom stereocenters. The molecule has 0 saturated carbocycles. The fourth-order valence-electron chi connectivity index (χ4n) is 0.848. The first-order valence-electron chi connectivity index (χ1n) is 3.15. The van der Waals surface area contributed by atoms with Crippen LogP contribution in [0.1, 0.15) is 19.8 Å². The van der Waals surface area contributed by atoms with E-state index in [1.54, 1.807) is 0 Å². The Morgan fingerprint density at radius 3 is 3.11 bits per heavy atom. The lowest BCUT2D eigenvalue weighted by Gasteiger charge is -1.95. The Bertz CT molecular complexity index is 122. The van der Waals surface area contributed by atoms with Crippen LogP contribution in [0, 0.1) is 0 Å². The van der Waals surface area contributed by atoms with Gasteiger partial charge in [-0.25, -0.2) is 0 Å². The van der Waals surface area contributed by atoms with E-state index in [9.17, 15) is 0 Å². The summed E-state index contributed by atoms with van der Waals surface area (Å²) in [5, 5.41) is 12.2. The molecule has 1 heterocycles. The molecule has 1 unspecified atom stereocenters. The van der Waals surface area contributed by atoms with Crippen molar-refractivity contribution in [3.05, 3.63) is 0 Å². The first-order valence-corrected chi connectivity index (χ1v) is 3.15. The predicted molar refractivity (Wildman–Crippen MR) is 34.3 cm³/mol. The molecule has 0 aromatic heterocycles. The van der Waals surface area contributed by atoms with Gasteiger partial charge in [0.1, 0.15) is 6.10 Å². The van der Waals surface area contributed by atoms with Crippen molar-refractivity contribution in [3.63, 3.8) is 0 Å². The summed E-state index contributed by atoms with van der Waals surface area (Å²) in [4.78, 5) is 4.89. The van der Waals surface area contributed by atoms with Crippen LogP contribution in [0.5, 0.6) is 0 Å². The highest BCUT2D eigenvalue weighted by molar-refractivity contribution is 5.85. The lowest BCUT2D eigenvalue weighted by atomic mass is 10.1. The van der Waals surface area contributed by atoms with Gasteiger partial charge in [-0.1, -0.05) is 5.16 Å². The molecule has 1 rings (SSSR count). The number of hydrogen-bond acceptors (Lipinski definition) is 3. The van der Waals surface area contributed by atoms with Gasteiger partial charge in [-0.2, -0.15) is 0 Å². The minimum absolute atomic E-state index is 0.176. The average molecular weight is 129 g/mol. The van der Waals surface area contributed by atoms with Crippen molar-refractivity contribution in [2.75, 3.05) is 6.61 Å². The van der Waals surface area contributed by atoms with Crippen molar-refractivity contribution in [3.8, 4) is 0 Å². The van der Waals surface area contributed by atoms with Gasteiger partial charge in [-0.05, 0) is 6.92 Å². The summed E-state index contributed by atoms with van der Waals surface area (Å²) in [6, 6.07) is 0.